The fourth-order valence-corrected chi connectivity index (χ4v) is 3.95. The maximum atomic E-state index is 13.5. The summed E-state index contributed by atoms with van der Waals surface area (Å²) in [5, 5.41) is 3.83. The molecule has 1 aliphatic rings. The summed E-state index contributed by atoms with van der Waals surface area (Å²) < 4.78 is 0. The van der Waals surface area contributed by atoms with Crippen molar-refractivity contribution in [3.05, 3.63) is 105 Å². The van der Waals surface area contributed by atoms with Crippen LogP contribution in [-0.4, -0.2) is 16.7 Å². The Kier molecular flexibility index (Phi) is 5.66. The second kappa shape index (κ2) is 8.40. The lowest BCUT2D eigenvalue weighted by Gasteiger charge is -2.16. The average molecular weight is 431 g/mol. The molecule has 2 amide bonds. The second-order valence-electron chi connectivity index (χ2n) is 7.89. The van der Waals surface area contributed by atoms with Crippen LogP contribution in [-0.2, 0) is 16.1 Å². The van der Waals surface area contributed by atoms with Crippen LogP contribution in [0.1, 0.15) is 27.8 Å². The van der Waals surface area contributed by atoms with Gasteiger partial charge in [0.05, 0.1) is 12.1 Å². The van der Waals surface area contributed by atoms with Crippen LogP contribution in [0, 0.1) is 20.8 Å². The van der Waals surface area contributed by atoms with Gasteiger partial charge in [-0.15, -0.1) is 0 Å². The van der Waals surface area contributed by atoms with Crippen molar-refractivity contribution in [2.75, 3.05) is 5.32 Å². The van der Waals surface area contributed by atoms with Gasteiger partial charge >= 0.3 is 0 Å². The second-order valence-corrected chi connectivity index (χ2v) is 8.32. The number of amides is 2. The molecule has 5 heteroatoms. The van der Waals surface area contributed by atoms with E-state index < -0.39 is 0 Å². The topological polar surface area (TPSA) is 49.4 Å². The molecule has 0 fully saturated rings. The molecule has 0 aromatic heterocycles. The van der Waals surface area contributed by atoms with E-state index in [1.165, 1.54) is 4.90 Å². The molecular weight excluding hydrogens is 408 g/mol. The number of hydrogen-bond acceptors (Lipinski definition) is 3. The standard InChI is InChI=1S/C26H23ClN2O2/c1-16-5-4-6-21(14-16)28-24-23(22-12-7-17(2)13-18(22)3)25(30)29(26(24)31)15-19-8-10-20(27)11-9-19/h4-14,28H,15H2,1-3H3. The minimum Gasteiger partial charge on any atom is -0.350 e. The molecule has 4 rings (SSSR count). The summed E-state index contributed by atoms with van der Waals surface area (Å²) in [6.45, 7) is 6.13. The van der Waals surface area contributed by atoms with E-state index in [1.54, 1.807) is 12.1 Å². The van der Waals surface area contributed by atoms with Gasteiger partial charge < -0.3 is 5.32 Å². The van der Waals surface area contributed by atoms with Gasteiger partial charge in [-0.25, -0.2) is 0 Å². The van der Waals surface area contributed by atoms with Crippen LogP contribution in [0.3, 0.4) is 0 Å². The van der Waals surface area contributed by atoms with E-state index >= 15 is 0 Å². The van der Waals surface area contributed by atoms with Crippen LogP contribution < -0.4 is 5.32 Å². The Morgan fingerprint density at radius 1 is 0.839 bits per heavy atom. The first-order valence-electron chi connectivity index (χ1n) is 10.1. The van der Waals surface area contributed by atoms with Gasteiger partial charge in [-0.3, -0.25) is 14.5 Å². The minimum absolute atomic E-state index is 0.183. The Hall–Kier alpha value is -3.37. The molecule has 156 valence electrons. The minimum atomic E-state index is -0.337. The van der Waals surface area contributed by atoms with E-state index in [0.717, 1.165) is 33.5 Å². The number of hydrogen-bond donors (Lipinski definition) is 1. The van der Waals surface area contributed by atoms with Crippen molar-refractivity contribution in [1.82, 2.24) is 4.90 Å². The van der Waals surface area contributed by atoms with Crippen molar-refractivity contribution in [3.8, 4) is 0 Å². The van der Waals surface area contributed by atoms with Gasteiger partial charge in [-0.2, -0.15) is 0 Å². The van der Waals surface area contributed by atoms with E-state index in [4.69, 9.17) is 11.6 Å². The molecule has 0 bridgehead atoms. The van der Waals surface area contributed by atoms with Crippen LogP contribution in [0.5, 0.6) is 0 Å². The number of anilines is 1. The van der Waals surface area contributed by atoms with E-state index in [0.29, 0.717) is 16.3 Å². The monoisotopic (exact) mass is 430 g/mol. The highest BCUT2D eigenvalue weighted by Crippen LogP contribution is 2.33. The number of rotatable bonds is 5. The number of nitrogens with one attached hydrogen (secondary N) is 1. The molecular formula is C26H23ClN2O2. The van der Waals surface area contributed by atoms with Gasteiger partial charge in [0.1, 0.15) is 5.70 Å². The Morgan fingerprint density at radius 2 is 1.55 bits per heavy atom. The first kappa shape index (κ1) is 20.9. The molecule has 0 atom stereocenters. The number of halogens is 1. The number of carbonyl (C=O) groups excluding carboxylic acids is 2. The Morgan fingerprint density at radius 3 is 2.23 bits per heavy atom. The van der Waals surface area contributed by atoms with E-state index in [2.05, 4.69) is 5.32 Å². The normalized spacial score (nSPS) is 13.9. The third-order valence-electron chi connectivity index (χ3n) is 5.36. The van der Waals surface area contributed by atoms with Crippen molar-refractivity contribution in [1.29, 1.82) is 0 Å². The number of imide groups is 1. The lowest BCUT2D eigenvalue weighted by Crippen LogP contribution is -2.32. The van der Waals surface area contributed by atoms with Crippen LogP contribution in [0.15, 0.2) is 72.4 Å². The predicted molar refractivity (Wildman–Crippen MR) is 125 cm³/mol. The highest BCUT2D eigenvalue weighted by molar-refractivity contribution is 6.36. The van der Waals surface area contributed by atoms with Crippen molar-refractivity contribution in [3.63, 3.8) is 0 Å². The van der Waals surface area contributed by atoms with Crippen LogP contribution >= 0.6 is 11.6 Å². The van der Waals surface area contributed by atoms with Crippen LogP contribution in [0.4, 0.5) is 5.69 Å². The highest BCUT2D eigenvalue weighted by atomic mass is 35.5. The van der Waals surface area contributed by atoms with E-state index in [9.17, 15) is 9.59 Å². The molecule has 0 unspecified atom stereocenters. The van der Waals surface area contributed by atoms with Gasteiger partial charge in [0.15, 0.2) is 0 Å². The molecule has 1 aliphatic heterocycles. The van der Waals surface area contributed by atoms with Gasteiger partial charge in [-0.05, 0) is 67.3 Å². The summed E-state index contributed by atoms with van der Waals surface area (Å²) in [5.41, 5.74) is 6.19. The molecule has 4 nitrogen and oxygen atoms in total. The number of aryl methyl sites for hydroxylation is 3. The van der Waals surface area contributed by atoms with Crippen molar-refractivity contribution in [2.24, 2.45) is 0 Å². The lowest BCUT2D eigenvalue weighted by atomic mass is 9.97. The largest absolute Gasteiger partial charge is 0.350 e. The molecule has 0 aliphatic carbocycles. The van der Waals surface area contributed by atoms with Gasteiger partial charge in [0.25, 0.3) is 11.8 Å². The van der Waals surface area contributed by atoms with Crippen molar-refractivity contribution >= 4 is 34.7 Å². The molecule has 3 aromatic rings. The lowest BCUT2D eigenvalue weighted by molar-refractivity contribution is -0.137. The summed E-state index contributed by atoms with van der Waals surface area (Å²) in [6, 6.07) is 20.8. The Bertz CT molecular complexity index is 1210. The zero-order valence-electron chi connectivity index (χ0n) is 17.7. The van der Waals surface area contributed by atoms with Crippen molar-refractivity contribution < 1.29 is 9.59 Å². The Labute approximate surface area is 187 Å². The first-order valence-corrected chi connectivity index (χ1v) is 10.5. The van der Waals surface area contributed by atoms with Crippen LogP contribution in [0.25, 0.3) is 5.57 Å². The summed E-state index contributed by atoms with van der Waals surface area (Å²) in [5.74, 6) is -0.640. The van der Waals surface area contributed by atoms with Gasteiger partial charge in [0, 0.05) is 10.7 Å². The quantitative estimate of drug-likeness (QED) is 0.531. The summed E-state index contributed by atoms with van der Waals surface area (Å²) >= 11 is 5.98. The maximum Gasteiger partial charge on any atom is 0.278 e. The molecule has 0 spiro atoms. The number of carbonyl (C=O) groups is 2. The number of nitrogens with zero attached hydrogens (tertiary/aromatic N) is 1. The molecule has 3 aromatic carbocycles. The summed E-state index contributed by atoms with van der Waals surface area (Å²) in [7, 11) is 0. The molecule has 1 N–H and O–H groups in total. The Balaban J connectivity index is 1.77. The molecule has 0 saturated carbocycles. The zero-order chi connectivity index (χ0) is 22.1. The smallest absolute Gasteiger partial charge is 0.278 e. The fraction of sp³-hybridized carbons (Fsp3) is 0.154. The molecule has 0 saturated heterocycles. The first-order chi connectivity index (χ1) is 14.8. The van der Waals surface area contributed by atoms with Crippen LogP contribution in [0.2, 0.25) is 5.02 Å². The SMILES string of the molecule is Cc1cccc(NC2=C(c3ccc(C)cc3C)C(=O)N(Cc3ccc(Cl)cc3)C2=O)c1. The van der Waals surface area contributed by atoms with E-state index in [1.807, 2.05) is 75.4 Å². The zero-order valence-corrected chi connectivity index (χ0v) is 18.5. The molecule has 0 radical (unpaired) electrons. The summed E-state index contributed by atoms with van der Waals surface area (Å²) in [4.78, 5) is 28.2. The third kappa shape index (κ3) is 4.25. The third-order valence-corrected chi connectivity index (χ3v) is 5.61. The van der Waals surface area contributed by atoms with Crippen molar-refractivity contribution in [2.45, 2.75) is 27.3 Å². The fourth-order valence-electron chi connectivity index (χ4n) is 3.82. The molecule has 1 heterocycles. The summed E-state index contributed by atoms with van der Waals surface area (Å²) in [6.07, 6.45) is 0. The van der Waals surface area contributed by atoms with Gasteiger partial charge in [-0.1, -0.05) is 59.6 Å². The number of benzene rings is 3. The highest BCUT2D eigenvalue weighted by Gasteiger charge is 2.39. The molecule has 31 heavy (non-hydrogen) atoms. The van der Waals surface area contributed by atoms with Gasteiger partial charge in [0.2, 0.25) is 0 Å². The maximum absolute atomic E-state index is 13.5. The van der Waals surface area contributed by atoms with E-state index in [-0.39, 0.29) is 18.4 Å². The average Bonchev–Trinajstić information content (AvgIpc) is 2.94. The predicted octanol–water partition coefficient (Wildman–Crippen LogP) is 5.66.